The largest absolute Gasteiger partial charge is 0.488 e. The van der Waals surface area contributed by atoms with Crippen molar-refractivity contribution in [2.75, 3.05) is 0 Å². The third-order valence-corrected chi connectivity index (χ3v) is 2.21. The molecule has 17 heavy (non-hydrogen) atoms. The van der Waals surface area contributed by atoms with Gasteiger partial charge in [0.05, 0.1) is 11.0 Å². The first kappa shape index (κ1) is 11.1. The van der Waals surface area contributed by atoms with Gasteiger partial charge >= 0.3 is 0 Å². The van der Waals surface area contributed by atoms with Crippen LogP contribution in [0.25, 0.3) is 0 Å². The van der Waals surface area contributed by atoms with Gasteiger partial charge in [0, 0.05) is 12.1 Å². The first-order chi connectivity index (χ1) is 8.25. The Morgan fingerprint density at radius 1 is 1.24 bits per heavy atom. The summed E-state index contributed by atoms with van der Waals surface area (Å²) in [6, 6.07) is 16.6. The van der Waals surface area contributed by atoms with Crippen LogP contribution in [0.2, 0.25) is 0 Å². The summed E-state index contributed by atoms with van der Waals surface area (Å²) in [6.45, 7) is 0.374. The van der Waals surface area contributed by atoms with E-state index in [0.29, 0.717) is 12.4 Å². The first-order valence-electron chi connectivity index (χ1n) is 5.08. The van der Waals surface area contributed by atoms with Crippen LogP contribution in [-0.4, -0.2) is 4.92 Å². The van der Waals surface area contributed by atoms with Gasteiger partial charge in [-0.1, -0.05) is 30.3 Å². The monoisotopic (exact) mass is 228 g/mol. The van der Waals surface area contributed by atoms with Crippen molar-refractivity contribution in [2.45, 2.75) is 6.61 Å². The summed E-state index contributed by atoms with van der Waals surface area (Å²) >= 11 is 0. The minimum Gasteiger partial charge on any atom is -0.488 e. The van der Waals surface area contributed by atoms with Gasteiger partial charge in [-0.15, -0.1) is 0 Å². The lowest BCUT2D eigenvalue weighted by Crippen LogP contribution is -1.96. The van der Waals surface area contributed by atoms with Gasteiger partial charge in [0.25, 0.3) is 5.69 Å². The van der Waals surface area contributed by atoms with E-state index in [2.05, 4.69) is 6.07 Å². The highest BCUT2D eigenvalue weighted by molar-refractivity contribution is 5.37. The maximum atomic E-state index is 10.6. The van der Waals surface area contributed by atoms with Crippen molar-refractivity contribution < 1.29 is 9.66 Å². The molecule has 0 fully saturated rings. The molecule has 4 heteroatoms. The molecule has 2 aromatic rings. The maximum absolute atomic E-state index is 10.6. The van der Waals surface area contributed by atoms with E-state index in [1.165, 1.54) is 18.2 Å². The van der Waals surface area contributed by atoms with Gasteiger partial charge in [-0.25, -0.2) is 0 Å². The van der Waals surface area contributed by atoms with Crippen LogP contribution in [0.4, 0.5) is 5.69 Å². The van der Waals surface area contributed by atoms with Crippen molar-refractivity contribution in [1.29, 1.82) is 0 Å². The summed E-state index contributed by atoms with van der Waals surface area (Å²) in [7, 11) is 0. The van der Waals surface area contributed by atoms with Crippen LogP contribution in [0, 0.1) is 16.2 Å². The summed E-state index contributed by atoms with van der Waals surface area (Å²) in [5.41, 5.74) is 1.01. The number of ether oxygens (including phenoxy) is 1. The minimum absolute atomic E-state index is 0.00631. The van der Waals surface area contributed by atoms with Crippen molar-refractivity contribution in [1.82, 2.24) is 0 Å². The highest BCUT2D eigenvalue weighted by Crippen LogP contribution is 2.19. The second-order valence-electron chi connectivity index (χ2n) is 3.44. The van der Waals surface area contributed by atoms with Crippen LogP contribution in [0.1, 0.15) is 5.56 Å². The van der Waals surface area contributed by atoms with Gasteiger partial charge in [0.2, 0.25) is 0 Å². The van der Waals surface area contributed by atoms with Crippen LogP contribution in [0.5, 0.6) is 5.75 Å². The Labute approximate surface area is 98.6 Å². The maximum Gasteiger partial charge on any atom is 0.273 e. The van der Waals surface area contributed by atoms with Gasteiger partial charge in [0.15, 0.2) is 0 Å². The summed E-state index contributed by atoms with van der Waals surface area (Å²) < 4.78 is 5.42. The lowest BCUT2D eigenvalue weighted by atomic mass is 10.2. The van der Waals surface area contributed by atoms with E-state index < -0.39 is 4.92 Å². The highest BCUT2D eigenvalue weighted by atomic mass is 16.6. The fourth-order valence-corrected chi connectivity index (χ4v) is 1.37. The topological polar surface area (TPSA) is 52.4 Å². The van der Waals surface area contributed by atoms with Crippen LogP contribution >= 0.6 is 0 Å². The zero-order valence-corrected chi connectivity index (χ0v) is 9.00. The summed E-state index contributed by atoms with van der Waals surface area (Å²) in [5, 5.41) is 10.6. The van der Waals surface area contributed by atoms with E-state index in [9.17, 15) is 10.1 Å². The highest BCUT2D eigenvalue weighted by Gasteiger charge is 2.06. The van der Waals surface area contributed by atoms with Crippen LogP contribution in [0.3, 0.4) is 0 Å². The van der Waals surface area contributed by atoms with Gasteiger partial charge < -0.3 is 4.74 Å². The molecule has 0 atom stereocenters. The van der Waals surface area contributed by atoms with E-state index >= 15 is 0 Å². The number of hydrogen-bond acceptors (Lipinski definition) is 3. The SMILES string of the molecule is O=[N+]([O-])c1cc[c]c(OCc2ccccc2)c1. The summed E-state index contributed by atoms with van der Waals surface area (Å²) in [6.07, 6.45) is 0. The van der Waals surface area contributed by atoms with Crippen molar-refractivity contribution in [3.05, 3.63) is 70.3 Å². The molecular formula is C13H10NO3. The molecule has 0 aliphatic carbocycles. The molecule has 0 aromatic heterocycles. The molecule has 4 nitrogen and oxygen atoms in total. The predicted octanol–water partition coefficient (Wildman–Crippen LogP) is 2.97. The summed E-state index contributed by atoms with van der Waals surface area (Å²) in [4.78, 5) is 10.1. The molecule has 0 spiro atoms. The number of hydrogen-bond donors (Lipinski definition) is 0. The van der Waals surface area contributed by atoms with E-state index in [1.807, 2.05) is 30.3 Å². The molecule has 85 valence electrons. The molecule has 0 aliphatic heterocycles. The Hall–Kier alpha value is -2.36. The number of rotatable bonds is 4. The molecule has 0 N–H and O–H groups in total. The predicted molar refractivity (Wildman–Crippen MR) is 62.7 cm³/mol. The van der Waals surface area contributed by atoms with Crippen molar-refractivity contribution in [3.8, 4) is 5.75 Å². The quantitative estimate of drug-likeness (QED) is 0.597. The molecule has 0 bridgehead atoms. The van der Waals surface area contributed by atoms with E-state index in [-0.39, 0.29) is 5.69 Å². The zero-order valence-electron chi connectivity index (χ0n) is 9.00. The minimum atomic E-state index is -0.455. The molecule has 0 unspecified atom stereocenters. The van der Waals surface area contributed by atoms with Crippen molar-refractivity contribution in [2.24, 2.45) is 0 Å². The van der Waals surface area contributed by atoms with Crippen LogP contribution < -0.4 is 4.74 Å². The zero-order chi connectivity index (χ0) is 12.1. The summed E-state index contributed by atoms with van der Waals surface area (Å²) in [5.74, 6) is 0.378. The number of benzene rings is 2. The molecule has 2 aromatic carbocycles. The molecule has 0 heterocycles. The molecule has 1 radical (unpaired) electrons. The van der Waals surface area contributed by atoms with Gasteiger partial charge in [-0.3, -0.25) is 10.1 Å². The Morgan fingerprint density at radius 2 is 2.00 bits per heavy atom. The average Bonchev–Trinajstić information content (AvgIpc) is 2.38. The molecular weight excluding hydrogens is 218 g/mol. The van der Waals surface area contributed by atoms with Gasteiger partial charge in [-0.2, -0.15) is 0 Å². The standard InChI is InChI=1S/C13H10NO3/c15-14(16)12-7-4-8-13(9-12)17-10-11-5-2-1-3-6-11/h1-7,9H,10H2. The smallest absolute Gasteiger partial charge is 0.273 e. The Morgan fingerprint density at radius 3 is 2.71 bits per heavy atom. The first-order valence-corrected chi connectivity index (χ1v) is 5.08. The average molecular weight is 228 g/mol. The molecule has 0 amide bonds. The van der Waals surface area contributed by atoms with Crippen molar-refractivity contribution >= 4 is 5.69 Å². The van der Waals surface area contributed by atoms with Crippen molar-refractivity contribution in [3.63, 3.8) is 0 Å². The number of nitro benzene ring substituents is 1. The van der Waals surface area contributed by atoms with E-state index in [1.54, 1.807) is 0 Å². The lowest BCUT2D eigenvalue weighted by molar-refractivity contribution is -0.384. The van der Waals surface area contributed by atoms with Crippen LogP contribution in [-0.2, 0) is 6.61 Å². The normalized spacial score (nSPS) is 9.88. The number of nitro groups is 1. The lowest BCUT2D eigenvalue weighted by Gasteiger charge is -2.05. The van der Waals surface area contributed by atoms with E-state index in [4.69, 9.17) is 4.74 Å². The Bertz CT molecular complexity index is 511. The third kappa shape index (κ3) is 3.04. The van der Waals surface area contributed by atoms with E-state index in [0.717, 1.165) is 5.56 Å². The number of non-ortho nitro benzene ring substituents is 1. The van der Waals surface area contributed by atoms with Gasteiger partial charge in [-0.05, 0) is 11.6 Å². The molecule has 0 saturated heterocycles. The second kappa shape index (κ2) is 5.12. The van der Waals surface area contributed by atoms with Crippen LogP contribution in [0.15, 0.2) is 48.5 Å². The fraction of sp³-hybridized carbons (Fsp3) is 0.0769. The van der Waals surface area contributed by atoms with Gasteiger partial charge in [0.1, 0.15) is 12.4 Å². The molecule has 0 aliphatic rings. The molecule has 0 saturated carbocycles. The Kier molecular flexibility index (Phi) is 3.35. The number of nitrogens with zero attached hydrogens (tertiary/aromatic N) is 1. The molecule has 2 rings (SSSR count). The fourth-order valence-electron chi connectivity index (χ4n) is 1.37. The second-order valence-corrected chi connectivity index (χ2v) is 3.44. The Balaban J connectivity index is 2.04. The third-order valence-electron chi connectivity index (χ3n) is 2.21.